The smallest absolute Gasteiger partial charge is 0.278 e. The summed E-state index contributed by atoms with van der Waals surface area (Å²) in [6.07, 6.45) is 1.61. The van der Waals surface area contributed by atoms with Crippen molar-refractivity contribution in [2.24, 2.45) is 10.2 Å². The Bertz CT molecular complexity index is 1050. The number of nitrogens with zero attached hydrogens (tertiary/aromatic N) is 5. The van der Waals surface area contributed by atoms with E-state index in [1.165, 1.54) is 24.1 Å². The van der Waals surface area contributed by atoms with Gasteiger partial charge in [0.05, 0.1) is 18.0 Å². The minimum atomic E-state index is -2.56. The molecule has 4 heterocycles. The lowest BCUT2D eigenvalue weighted by molar-refractivity contribution is 0.123. The first-order chi connectivity index (χ1) is 16.5. The summed E-state index contributed by atoms with van der Waals surface area (Å²) in [5, 5.41) is 11.5. The number of piperidine rings is 1. The average molecular weight is 485 g/mol. The van der Waals surface area contributed by atoms with Gasteiger partial charge in [-0.2, -0.15) is 10.2 Å². The Morgan fingerprint density at radius 3 is 2.59 bits per heavy atom. The van der Waals surface area contributed by atoms with Crippen molar-refractivity contribution in [2.45, 2.75) is 50.4 Å². The highest BCUT2D eigenvalue weighted by molar-refractivity contribution is 8.01. The van der Waals surface area contributed by atoms with Crippen molar-refractivity contribution in [1.29, 1.82) is 0 Å². The molecule has 180 valence electrons. The Kier molecular flexibility index (Phi) is 7.22. The van der Waals surface area contributed by atoms with Crippen molar-refractivity contribution < 1.29 is 8.78 Å². The highest BCUT2D eigenvalue weighted by atomic mass is 32.2. The van der Waals surface area contributed by atoms with Crippen LogP contribution in [0.1, 0.15) is 36.1 Å². The third kappa shape index (κ3) is 5.47. The highest BCUT2D eigenvalue weighted by Crippen LogP contribution is 2.33. The molecule has 2 saturated heterocycles. The maximum absolute atomic E-state index is 12.9. The van der Waals surface area contributed by atoms with Crippen LogP contribution in [-0.4, -0.2) is 65.2 Å². The minimum absolute atomic E-state index is 0.0829. The summed E-state index contributed by atoms with van der Waals surface area (Å²) in [4.78, 5) is 7.26. The van der Waals surface area contributed by atoms with Crippen LogP contribution in [0.15, 0.2) is 52.8 Å². The van der Waals surface area contributed by atoms with Gasteiger partial charge in [0.2, 0.25) is 0 Å². The number of halogens is 2. The molecule has 34 heavy (non-hydrogen) atoms. The number of rotatable bonds is 8. The van der Waals surface area contributed by atoms with Gasteiger partial charge in [-0.1, -0.05) is 12.1 Å². The summed E-state index contributed by atoms with van der Waals surface area (Å²) in [6.45, 7) is 7.34. The molecule has 5 rings (SSSR count). The van der Waals surface area contributed by atoms with E-state index < -0.39 is 6.43 Å². The van der Waals surface area contributed by atoms with Crippen molar-refractivity contribution in [3.63, 3.8) is 0 Å². The average Bonchev–Trinajstić information content (AvgIpc) is 3.30. The maximum atomic E-state index is 12.9. The van der Waals surface area contributed by atoms with E-state index in [1.54, 1.807) is 6.20 Å². The minimum Gasteiger partial charge on any atom is -0.314 e. The molecule has 6 nitrogen and oxygen atoms in total. The van der Waals surface area contributed by atoms with Gasteiger partial charge in [0, 0.05) is 48.2 Å². The molecule has 1 aromatic heterocycles. The van der Waals surface area contributed by atoms with Gasteiger partial charge in [-0.3, -0.25) is 9.88 Å². The number of aromatic nitrogens is 1. The van der Waals surface area contributed by atoms with Gasteiger partial charge in [-0.15, -0.1) is 0 Å². The molecule has 0 atom stereocenters. The van der Waals surface area contributed by atoms with E-state index in [9.17, 15) is 8.78 Å². The zero-order chi connectivity index (χ0) is 23.5. The topological polar surface area (TPSA) is 56.1 Å². The summed E-state index contributed by atoms with van der Waals surface area (Å²) in [6, 6.07) is 13.2. The van der Waals surface area contributed by atoms with E-state index in [1.807, 2.05) is 24.1 Å². The normalized spacial score (nSPS) is 19.8. The van der Waals surface area contributed by atoms with Crippen LogP contribution in [0, 0.1) is 6.92 Å². The molecule has 2 fully saturated rings. The Balaban J connectivity index is 1.25. The first-order valence-electron chi connectivity index (χ1n) is 11.9. The van der Waals surface area contributed by atoms with Gasteiger partial charge in [0.25, 0.3) is 6.43 Å². The standard InChI is InChI=1S/C25H30F2N6S/c1-17-3-2-4-20(11-17)33(34-22-7-9-32(10-8-22)21-14-28-15-21)16-19-6-5-18(13-29-19)23-12-24(25(26)27)31-30-23/h2-6,11,13,21-22,25,28H,7-10,12,14-16H2,1H3. The Labute approximate surface area is 203 Å². The van der Waals surface area contributed by atoms with E-state index in [0.29, 0.717) is 23.5 Å². The van der Waals surface area contributed by atoms with Crippen molar-refractivity contribution in [1.82, 2.24) is 15.2 Å². The fraction of sp³-hybridized carbons (Fsp3) is 0.480. The molecule has 0 amide bonds. The molecule has 0 radical (unpaired) electrons. The number of benzene rings is 1. The van der Waals surface area contributed by atoms with Gasteiger partial charge >= 0.3 is 0 Å². The summed E-state index contributed by atoms with van der Waals surface area (Å²) in [7, 11) is 0. The maximum Gasteiger partial charge on any atom is 0.278 e. The third-order valence-electron chi connectivity index (χ3n) is 6.68. The van der Waals surface area contributed by atoms with Crippen LogP contribution in [0.5, 0.6) is 0 Å². The molecule has 0 saturated carbocycles. The molecule has 0 bridgehead atoms. The van der Waals surface area contributed by atoms with Crippen molar-refractivity contribution in [2.75, 3.05) is 30.5 Å². The van der Waals surface area contributed by atoms with Crippen molar-refractivity contribution >= 4 is 29.1 Å². The lowest BCUT2D eigenvalue weighted by Crippen LogP contribution is -2.59. The molecule has 3 aliphatic heterocycles. The van der Waals surface area contributed by atoms with Gasteiger partial charge in [-0.05, 0) is 74.6 Å². The second-order valence-electron chi connectivity index (χ2n) is 9.18. The number of alkyl halides is 2. The SMILES string of the molecule is Cc1cccc(N(Cc2ccc(C3=NN=C(C(F)F)C3)cn2)SC2CCN(C3CNC3)CC2)c1. The van der Waals surface area contributed by atoms with Gasteiger partial charge < -0.3 is 9.62 Å². The Morgan fingerprint density at radius 1 is 1.15 bits per heavy atom. The Hall–Kier alpha value is -2.36. The Morgan fingerprint density at radius 2 is 1.97 bits per heavy atom. The van der Waals surface area contributed by atoms with Crippen LogP contribution in [0.2, 0.25) is 0 Å². The fourth-order valence-electron chi connectivity index (χ4n) is 4.51. The van der Waals surface area contributed by atoms with Crippen LogP contribution in [0.25, 0.3) is 0 Å². The van der Waals surface area contributed by atoms with E-state index in [2.05, 4.69) is 60.9 Å². The second-order valence-corrected chi connectivity index (χ2v) is 10.5. The largest absolute Gasteiger partial charge is 0.314 e. The van der Waals surface area contributed by atoms with Crippen LogP contribution in [0.4, 0.5) is 14.5 Å². The number of anilines is 1. The zero-order valence-electron chi connectivity index (χ0n) is 19.3. The first-order valence-corrected chi connectivity index (χ1v) is 12.7. The van der Waals surface area contributed by atoms with Gasteiger partial charge in [-0.25, -0.2) is 8.78 Å². The van der Waals surface area contributed by atoms with Crippen LogP contribution >= 0.6 is 11.9 Å². The fourth-order valence-corrected chi connectivity index (χ4v) is 5.74. The first kappa shape index (κ1) is 23.4. The molecular formula is C25H30F2N6S. The number of likely N-dealkylation sites (tertiary alicyclic amines) is 1. The molecule has 0 aliphatic carbocycles. The highest BCUT2D eigenvalue weighted by Gasteiger charge is 2.30. The molecule has 0 unspecified atom stereocenters. The zero-order valence-corrected chi connectivity index (χ0v) is 20.1. The van der Waals surface area contributed by atoms with E-state index in [0.717, 1.165) is 37.4 Å². The van der Waals surface area contributed by atoms with Gasteiger partial charge in [0.15, 0.2) is 0 Å². The number of hydrogen-bond acceptors (Lipinski definition) is 7. The monoisotopic (exact) mass is 484 g/mol. The quantitative estimate of drug-likeness (QED) is 0.567. The molecule has 1 aromatic carbocycles. The molecule has 0 spiro atoms. The molecule has 9 heteroatoms. The lowest BCUT2D eigenvalue weighted by Gasteiger charge is -2.42. The summed E-state index contributed by atoms with van der Waals surface area (Å²) < 4.78 is 28.1. The van der Waals surface area contributed by atoms with Crippen molar-refractivity contribution in [3.05, 3.63) is 59.4 Å². The van der Waals surface area contributed by atoms with Gasteiger partial charge in [0.1, 0.15) is 5.71 Å². The molecule has 1 N–H and O–H groups in total. The predicted octanol–water partition coefficient (Wildman–Crippen LogP) is 4.29. The number of hydrogen-bond donors (Lipinski definition) is 1. The second kappa shape index (κ2) is 10.5. The lowest BCUT2D eigenvalue weighted by atomic mass is 10.0. The van der Waals surface area contributed by atoms with E-state index in [-0.39, 0.29) is 12.1 Å². The summed E-state index contributed by atoms with van der Waals surface area (Å²) in [5.74, 6) is 0. The number of aryl methyl sites for hydroxylation is 1. The number of nitrogens with one attached hydrogen (secondary N) is 1. The van der Waals surface area contributed by atoms with Crippen LogP contribution in [-0.2, 0) is 6.54 Å². The molecule has 3 aliphatic rings. The molecular weight excluding hydrogens is 454 g/mol. The van der Waals surface area contributed by atoms with Crippen LogP contribution in [0.3, 0.4) is 0 Å². The number of pyridine rings is 1. The van der Waals surface area contributed by atoms with Crippen LogP contribution < -0.4 is 9.62 Å². The summed E-state index contributed by atoms with van der Waals surface area (Å²) in [5.41, 5.74) is 4.46. The molecule has 2 aromatic rings. The summed E-state index contributed by atoms with van der Waals surface area (Å²) >= 11 is 1.92. The predicted molar refractivity (Wildman–Crippen MR) is 135 cm³/mol. The van der Waals surface area contributed by atoms with E-state index in [4.69, 9.17) is 0 Å². The van der Waals surface area contributed by atoms with E-state index >= 15 is 0 Å². The third-order valence-corrected chi connectivity index (χ3v) is 8.05. The van der Waals surface area contributed by atoms with Crippen molar-refractivity contribution in [3.8, 4) is 0 Å².